The van der Waals surface area contributed by atoms with Crippen LogP contribution in [-0.4, -0.2) is 34.1 Å². The summed E-state index contributed by atoms with van der Waals surface area (Å²) in [4.78, 5) is 8.97. The lowest BCUT2D eigenvalue weighted by Crippen LogP contribution is -2.34. The summed E-state index contributed by atoms with van der Waals surface area (Å²) in [6, 6.07) is 0.534. The van der Waals surface area contributed by atoms with Gasteiger partial charge in [0.25, 0.3) is 0 Å². The molecule has 0 aromatic carbocycles. The number of anilines is 2. The summed E-state index contributed by atoms with van der Waals surface area (Å²) in [5.41, 5.74) is 1.12. The van der Waals surface area contributed by atoms with E-state index < -0.39 is 0 Å². The smallest absolute Gasteiger partial charge is 0.224 e. The predicted molar refractivity (Wildman–Crippen MR) is 88.7 cm³/mol. The predicted octanol–water partition coefficient (Wildman–Crippen LogP) is 3.69. The van der Waals surface area contributed by atoms with Gasteiger partial charge in [0.2, 0.25) is 5.95 Å². The maximum Gasteiger partial charge on any atom is 0.224 e. The monoisotopic (exact) mass is 294 g/mol. The average Bonchev–Trinajstić information content (AvgIpc) is 2.48. The molecule has 1 aliphatic rings. The Morgan fingerprint density at radius 2 is 2.15 bits per heavy atom. The number of aromatic nitrogens is 2. The highest BCUT2D eigenvalue weighted by Crippen LogP contribution is 2.29. The topological polar surface area (TPSA) is 49.8 Å². The Balaban J connectivity index is 2.06. The largest absolute Gasteiger partial charge is 0.366 e. The fourth-order valence-electron chi connectivity index (χ4n) is 2.63. The molecule has 0 radical (unpaired) electrons. The van der Waals surface area contributed by atoms with Gasteiger partial charge in [-0.3, -0.25) is 0 Å². The number of hydrogen-bond donors (Lipinski definition) is 2. The molecule has 5 heteroatoms. The van der Waals surface area contributed by atoms with Crippen LogP contribution in [0.2, 0.25) is 0 Å². The molecule has 0 spiro atoms. The number of thioether (sulfide) groups is 1. The van der Waals surface area contributed by atoms with Crippen LogP contribution < -0.4 is 10.6 Å². The minimum absolute atomic E-state index is 0.534. The number of nitrogens with one attached hydrogen (secondary N) is 2. The molecule has 0 bridgehead atoms. The van der Waals surface area contributed by atoms with Gasteiger partial charge >= 0.3 is 0 Å². The number of hydrogen-bond acceptors (Lipinski definition) is 5. The highest BCUT2D eigenvalue weighted by Gasteiger charge is 2.24. The Bertz CT molecular complexity index is 424. The van der Waals surface area contributed by atoms with E-state index in [4.69, 9.17) is 0 Å². The Morgan fingerprint density at radius 1 is 1.35 bits per heavy atom. The molecule has 2 unspecified atom stereocenters. The first-order valence-electron chi connectivity index (χ1n) is 7.61. The molecule has 112 valence electrons. The lowest BCUT2D eigenvalue weighted by Gasteiger charge is -2.31. The first kappa shape index (κ1) is 15.4. The Labute approximate surface area is 126 Å². The second-order valence-corrected chi connectivity index (χ2v) is 6.54. The van der Waals surface area contributed by atoms with Gasteiger partial charge in [0, 0.05) is 29.6 Å². The van der Waals surface area contributed by atoms with Gasteiger partial charge in [0.1, 0.15) is 5.82 Å². The number of aryl methyl sites for hydroxylation is 1. The molecular formula is C15H26N4S. The van der Waals surface area contributed by atoms with E-state index >= 15 is 0 Å². The molecule has 1 saturated carbocycles. The maximum atomic E-state index is 4.63. The third-order valence-corrected chi connectivity index (χ3v) is 5.00. The summed E-state index contributed by atoms with van der Waals surface area (Å²) in [5.74, 6) is 1.72. The first-order chi connectivity index (χ1) is 9.74. The van der Waals surface area contributed by atoms with Crippen LogP contribution >= 0.6 is 11.8 Å². The molecule has 2 rings (SSSR count). The molecule has 1 aliphatic carbocycles. The van der Waals surface area contributed by atoms with Gasteiger partial charge in [-0.2, -0.15) is 16.7 Å². The molecule has 4 nitrogen and oxygen atoms in total. The second kappa shape index (κ2) is 7.72. The summed E-state index contributed by atoms with van der Waals surface area (Å²) in [6.07, 6.45) is 10.4. The summed E-state index contributed by atoms with van der Waals surface area (Å²) in [5, 5.41) is 7.61. The normalized spacial score (nSPS) is 22.6. The van der Waals surface area contributed by atoms with Crippen molar-refractivity contribution in [1.82, 2.24) is 9.97 Å². The van der Waals surface area contributed by atoms with Crippen LogP contribution in [0.25, 0.3) is 0 Å². The lowest BCUT2D eigenvalue weighted by atomic mass is 9.95. The molecule has 0 amide bonds. The zero-order chi connectivity index (χ0) is 14.4. The van der Waals surface area contributed by atoms with Crippen molar-refractivity contribution in [1.29, 1.82) is 0 Å². The van der Waals surface area contributed by atoms with Crippen molar-refractivity contribution in [2.45, 2.75) is 57.2 Å². The van der Waals surface area contributed by atoms with E-state index in [2.05, 4.69) is 40.7 Å². The highest BCUT2D eigenvalue weighted by atomic mass is 32.2. The quantitative estimate of drug-likeness (QED) is 0.838. The summed E-state index contributed by atoms with van der Waals surface area (Å²) in [7, 11) is 0. The van der Waals surface area contributed by atoms with Crippen molar-refractivity contribution < 1.29 is 0 Å². The van der Waals surface area contributed by atoms with Crippen LogP contribution in [0.15, 0.2) is 6.20 Å². The van der Waals surface area contributed by atoms with Gasteiger partial charge in [-0.05, 0) is 32.4 Å². The summed E-state index contributed by atoms with van der Waals surface area (Å²) in [6.45, 7) is 5.13. The minimum atomic E-state index is 0.534. The molecule has 1 aromatic heterocycles. The fourth-order valence-corrected chi connectivity index (χ4v) is 3.56. The van der Waals surface area contributed by atoms with E-state index in [1.165, 1.54) is 25.7 Å². The van der Waals surface area contributed by atoms with Crippen molar-refractivity contribution in [3.8, 4) is 0 Å². The molecule has 1 aromatic rings. The van der Waals surface area contributed by atoms with Crippen molar-refractivity contribution in [2.75, 3.05) is 23.4 Å². The molecule has 20 heavy (non-hydrogen) atoms. The Morgan fingerprint density at radius 3 is 2.90 bits per heavy atom. The van der Waals surface area contributed by atoms with Crippen LogP contribution in [-0.2, 0) is 0 Å². The van der Waals surface area contributed by atoms with Gasteiger partial charge in [-0.1, -0.05) is 19.8 Å². The highest BCUT2D eigenvalue weighted by molar-refractivity contribution is 7.99. The third kappa shape index (κ3) is 4.01. The molecular weight excluding hydrogens is 268 g/mol. The average molecular weight is 294 g/mol. The van der Waals surface area contributed by atoms with Gasteiger partial charge < -0.3 is 10.6 Å². The zero-order valence-corrected chi connectivity index (χ0v) is 13.6. The minimum Gasteiger partial charge on any atom is -0.366 e. The molecule has 2 atom stereocenters. The molecule has 1 heterocycles. The maximum absolute atomic E-state index is 4.63. The van der Waals surface area contributed by atoms with Crippen molar-refractivity contribution >= 4 is 23.5 Å². The Kier molecular flexibility index (Phi) is 5.95. The van der Waals surface area contributed by atoms with Crippen LogP contribution in [0, 0.1) is 6.92 Å². The first-order valence-corrected chi connectivity index (χ1v) is 8.90. The number of rotatable bonds is 6. The van der Waals surface area contributed by atoms with Gasteiger partial charge in [0.05, 0.1) is 0 Å². The number of nitrogens with zero attached hydrogens (tertiary/aromatic N) is 2. The van der Waals surface area contributed by atoms with Crippen LogP contribution in [0.1, 0.15) is 44.6 Å². The molecule has 0 aliphatic heterocycles. The molecule has 2 N–H and O–H groups in total. The van der Waals surface area contributed by atoms with Gasteiger partial charge in [0.15, 0.2) is 0 Å². The van der Waals surface area contributed by atoms with Crippen LogP contribution in [0.4, 0.5) is 11.8 Å². The van der Waals surface area contributed by atoms with Gasteiger partial charge in [-0.15, -0.1) is 0 Å². The zero-order valence-electron chi connectivity index (χ0n) is 12.8. The van der Waals surface area contributed by atoms with Crippen LogP contribution in [0.5, 0.6) is 0 Å². The van der Waals surface area contributed by atoms with E-state index in [0.29, 0.717) is 11.3 Å². The summed E-state index contributed by atoms with van der Waals surface area (Å²) < 4.78 is 0. The van der Waals surface area contributed by atoms with E-state index in [-0.39, 0.29) is 0 Å². The SMILES string of the molecule is CCCNc1ncc(C)c(NC2CCCCC2SC)n1. The lowest BCUT2D eigenvalue weighted by molar-refractivity contribution is 0.474. The van der Waals surface area contributed by atoms with Crippen molar-refractivity contribution in [2.24, 2.45) is 0 Å². The summed E-state index contributed by atoms with van der Waals surface area (Å²) >= 11 is 1.98. The Hall–Kier alpha value is -0.970. The molecule has 1 fully saturated rings. The fraction of sp³-hybridized carbons (Fsp3) is 0.733. The van der Waals surface area contributed by atoms with Crippen LogP contribution in [0.3, 0.4) is 0 Å². The van der Waals surface area contributed by atoms with Gasteiger partial charge in [-0.25, -0.2) is 4.98 Å². The van der Waals surface area contributed by atoms with Crippen molar-refractivity contribution in [3.63, 3.8) is 0 Å². The van der Waals surface area contributed by atoms with E-state index in [1.54, 1.807) is 0 Å². The standard InChI is InChI=1S/C15H26N4S/c1-4-9-16-15-17-10-11(2)14(19-15)18-12-7-5-6-8-13(12)20-3/h10,12-13H,4-9H2,1-3H3,(H2,16,17,18,19). The van der Waals surface area contributed by atoms with E-state index in [1.807, 2.05) is 18.0 Å². The van der Waals surface area contributed by atoms with Crippen molar-refractivity contribution in [3.05, 3.63) is 11.8 Å². The third-order valence-electron chi connectivity index (χ3n) is 3.83. The molecule has 0 saturated heterocycles. The van der Waals surface area contributed by atoms with E-state index in [9.17, 15) is 0 Å². The van der Waals surface area contributed by atoms with E-state index in [0.717, 1.165) is 30.3 Å². The second-order valence-electron chi connectivity index (χ2n) is 5.46.